The van der Waals surface area contributed by atoms with Gasteiger partial charge in [0.15, 0.2) is 11.5 Å². The summed E-state index contributed by atoms with van der Waals surface area (Å²) in [6.45, 7) is 7.00. The molecule has 0 bridgehead atoms. The van der Waals surface area contributed by atoms with Crippen LogP contribution in [0.3, 0.4) is 0 Å². The van der Waals surface area contributed by atoms with Crippen LogP contribution in [0.1, 0.15) is 26.5 Å². The molecule has 0 atom stereocenters. The maximum atomic E-state index is 5.68. The zero-order chi connectivity index (χ0) is 15.3. The Kier molecular flexibility index (Phi) is 4.75. The van der Waals surface area contributed by atoms with E-state index in [9.17, 15) is 0 Å². The second kappa shape index (κ2) is 6.54. The third-order valence-corrected chi connectivity index (χ3v) is 2.78. The highest BCUT2D eigenvalue weighted by atomic mass is 16.5. The second-order valence-corrected chi connectivity index (χ2v) is 5.72. The number of nitrogens with one attached hydrogen (secondary N) is 1. The molecule has 0 aliphatic rings. The van der Waals surface area contributed by atoms with Crippen molar-refractivity contribution in [2.45, 2.75) is 32.9 Å². The largest absolute Gasteiger partial charge is 0.493 e. The van der Waals surface area contributed by atoms with Gasteiger partial charge in [0.1, 0.15) is 0 Å². The molecule has 0 aliphatic heterocycles. The molecule has 112 valence electrons. The lowest BCUT2D eigenvalue weighted by molar-refractivity contribution is 0.371. The number of para-hydroxylation sites is 2. The topological polar surface area (TPSA) is 56.3 Å². The van der Waals surface area contributed by atoms with Crippen molar-refractivity contribution in [2.24, 2.45) is 0 Å². The highest BCUT2D eigenvalue weighted by molar-refractivity contribution is 5.41. The van der Waals surface area contributed by atoms with Crippen LogP contribution in [0.5, 0.6) is 17.4 Å². The van der Waals surface area contributed by atoms with Crippen LogP contribution in [-0.2, 0) is 6.54 Å². The van der Waals surface area contributed by atoms with E-state index < -0.39 is 0 Å². The molecule has 5 nitrogen and oxygen atoms in total. The zero-order valence-electron chi connectivity index (χ0n) is 12.9. The fourth-order valence-corrected chi connectivity index (χ4v) is 1.67. The van der Waals surface area contributed by atoms with E-state index in [0.717, 1.165) is 5.69 Å². The van der Waals surface area contributed by atoms with Gasteiger partial charge in [0, 0.05) is 18.2 Å². The van der Waals surface area contributed by atoms with Crippen LogP contribution < -0.4 is 14.8 Å². The lowest BCUT2D eigenvalue weighted by Crippen LogP contribution is -2.35. The summed E-state index contributed by atoms with van der Waals surface area (Å²) in [4.78, 5) is 0. The van der Waals surface area contributed by atoms with Gasteiger partial charge in [0.25, 0.3) is 0 Å². The summed E-state index contributed by atoms with van der Waals surface area (Å²) < 4.78 is 10.9. The first kappa shape index (κ1) is 15.3. The van der Waals surface area contributed by atoms with Crippen molar-refractivity contribution < 1.29 is 9.47 Å². The standard InChI is InChI=1S/C16H21N3O2/c1-16(2,3)17-11-12-9-10-15(19-18-12)21-14-8-6-5-7-13(14)20-4/h5-10,17H,11H2,1-4H3. The molecule has 0 amide bonds. The Bertz CT molecular complexity index is 577. The number of nitrogens with zero attached hydrogens (tertiary/aromatic N) is 2. The third kappa shape index (κ3) is 4.72. The van der Waals surface area contributed by atoms with Crippen molar-refractivity contribution in [3.63, 3.8) is 0 Å². The summed E-state index contributed by atoms with van der Waals surface area (Å²) in [7, 11) is 1.61. The maximum Gasteiger partial charge on any atom is 0.239 e. The first-order valence-corrected chi connectivity index (χ1v) is 6.86. The van der Waals surface area contributed by atoms with E-state index in [0.29, 0.717) is 23.9 Å². The first-order valence-electron chi connectivity index (χ1n) is 6.86. The van der Waals surface area contributed by atoms with Gasteiger partial charge in [0.05, 0.1) is 12.8 Å². The maximum absolute atomic E-state index is 5.68. The van der Waals surface area contributed by atoms with Gasteiger partial charge in [-0.25, -0.2) is 0 Å². The summed E-state index contributed by atoms with van der Waals surface area (Å²) in [5.74, 6) is 1.73. The fourth-order valence-electron chi connectivity index (χ4n) is 1.67. The normalized spacial score (nSPS) is 11.2. The molecule has 1 aromatic heterocycles. The average molecular weight is 287 g/mol. The van der Waals surface area contributed by atoms with Crippen molar-refractivity contribution >= 4 is 0 Å². The average Bonchev–Trinajstić information content (AvgIpc) is 2.46. The van der Waals surface area contributed by atoms with Crippen LogP contribution in [0.25, 0.3) is 0 Å². The highest BCUT2D eigenvalue weighted by Crippen LogP contribution is 2.29. The molecule has 0 fully saturated rings. The Morgan fingerprint density at radius 2 is 1.71 bits per heavy atom. The number of hydrogen-bond acceptors (Lipinski definition) is 5. The molecule has 0 spiro atoms. The number of benzene rings is 1. The zero-order valence-corrected chi connectivity index (χ0v) is 12.9. The van der Waals surface area contributed by atoms with Crippen LogP contribution in [0, 0.1) is 0 Å². The summed E-state index contributed by atoms with van der Waals surface area (Å²) in [5, 5.41) is 11.6. The molecule has 1 aromatic carbocycles. The van der Waals surface area contributed by atoms with Crippen molar-refractivity contribution in [2.75, 3.05) is 7.11 Å². The molecule has 21 heavy (non-hydrogen) atoms. The minimum atomic E-state index is 0.0499. The highest BCUT2D eigenvalue weighted by Gasteiger charge is 2.10. The van der Waals surface area contributed by atoms with E-state index in [4.69, 9.17) is 9.47 Å². The molecule has 0 aliphatic carbocycles. The van der Waals surface area contributed by atoms with Gasteiger partial charge < -0.3 is 14.8 Å². The van der Waals surface area contributed by atoms with Crippen LogP contribution in [0.4, 0.5) is 0 Å². The molecule has 0 unspecified atom stereocenters. The van der Waals surface area contributed by atoms with Crippen LogP contribution in [0.15, 0.2) is 36.4 Å². The Morgan fingerprint density at radius 1 is 1.00 bits per heavy atom. The summed E-state index contributed by atoms with van der Waals surface area (Å²) >= 11 is 0. The van der Waals surface area contributed by atoms with E-state index in [-0.39, 0.29) is 5.54 Å². The molecular weight excluding hydrogens is 266 g/mol. The summed E-state index contributed by atoms with van der Waals surface area (Å²) in [6, 6.07) is 11.1. The van der Waals surface area contributed by atoms with Crippen LogP contribution in [-0.4, -0.2) is 22.8 Å². The smallest absolute Gasteiger partial charge is 0.239 e. The summed E-state index contributed by atoms with van der Waals surface area (Å²) in [5.41, 5.74) is 0.922. The number of ether oxygens (including phenoxy) is 2. The van der Waals surface area contributed by atoms with E-state index >= 15 is 0 Å². The van der Waals surface area contributed by atoms with E-state index in [1.165, 1.54) is 0 Å². The first-order chi connectivity index (χ1) is 9.98. The van der Waals surface area contributed by atoms with Gasteiger partial charge in [-0.1, -0.05) is 12.1 Å². The third-order valence-electron chi connectivity index (χ3n) is 2.78. The lowest BCUT2D eigenvalue weighted by Gasteiger charge is -2.19. The number of rotatable bonds is 5. The molecule has 0 radical (unpaired) electrons. The minimum Gasteiger partial charge on any atom is -0.493 e. The predicted molar refractivity (Wildman–Crippen MR) is 81.7 cm³/mol. The Hall–Kier alpha value is -2.14. The molecule has 1 N–H and O–H groups in total. The molecule has 5 heteroatoms. The molecule has 0 saturated carbocycles. The van der Waals surface area contributed by atoms with Gasteiger partial charge >= 0.3 is 0 Å². The van der Waals surface area contributed by atoms with Crippen LogP contribution in [0.2, 0.25) is 0 Å². The van der Waals surface area contributed by atoms with Crippen molar-refractivity contribution in [3.05, 3.63) is 42.1 Å². The summed E-state index contributed by atoms with van der Waals surface area (Å²) in [6.07, 6.45) is 0. The van der Waals surface area contributed by atoms with Crippen molar-refractivity contribution in [3.8, 4) is 17.4 Å². The molecule has 2 aromatic rings. The molecule has 0 saturated heterocycles. The van der Waals surface area contributed by atoms with Gasteiger partial charge in [-0.3, -0.25) is 0 Å². The van der Waals surface area contributed by atoms with Crippen molar-refractivity contribution in [1.29, 1.82) is 0 Å². The lowest BCUT2D eigenvalue weighted by atomic mass is 10.1. The fraction of sp³-hybridized carbons (Fsp3) is 0.375. The van der Waals surface area contributed by atoms with E-state index in [2.05, 4.69) is 36.3 Å². The second-order valence-electron chi connectivity index (χ2n) is 5.72. The van der Waals surface area contributed by atoms with Crippen LogP contribution >= 0.6 is 0 Å². The van der Waals surface area contributed by atoms with Gasteiger partial charge in [-0.05, 0) is 39.0 Å². The minimum absolute atomic E-state index is 0.0499. The molecule has 2 rings (SSSR count). The predicted octanol–water partition coefficient (Wildman–Crippen LogP) is 3.17. The van der Waals surface area contributed by atoms with E-state index in [1.54, 1.807) is 13.2 Å². The van der Waals surface area contributed by atoms with Gasteiger partial charge in [-0.15, -0.1) is 5.10 Å². The Morgan fingerprint density at radius 3 is 2.29 bits per heavy atom. The number of aromatic nitrogens is 2. The number of methoxy groups -OCH3 is 1. The number of hydrogen-bond donors (Lipinski definition) is 1. The van der Waals surface area contributed by atoms with Gasteiger partial charge in [0.2, 0.25) is 5.88 Å². The molecular formula is C16H21N3O2. The van der Waals surface area contributed by atoms with Crippen molar-refractivity contribution in [1.82, 2.24) is 15.5 Å². The molecule has 1 heterocycles. The van der Waals surface area contributed by atoms with Gasteiger partial charge in [-0.2, -0.15) is 5.10 Å². The van der Waals surface area contributed by atoms with E-state index in [1.807, 2.05) is 30.3 Å². The monoisotopic (exact) mass is 287 g/mol. The quantitative estimate of drug-likeness (QED) is 0.915. The SMILES string of the molecule is COc1ccccc1Oc1ccc(CNC(C)(C)C)nn1. The Balaban J connectivity index is 2.02. The Labute approximate surface area is 125 Å².